The Kier molecular flexibility index (Phi) is 5.20. The van der Waals surface area contributed by atoms with Crippen molar-refractivity contribution in [2.45, 2.75) is 45.8 Å². The fourth-order valence-electron chi connectivity index (χ4n) is 2.07. The van der Waals surface area contributed by atoms with Crippen molar-refractivity contribution in [3.63, 3.8) is 0 Å². The normalized spacial score (nSPS) is 13.7. The second kappa shape index (κ2) is 6.23. The number of hydrogen-bond donors (Lipinski definition) is 1. The van der Waals surface area contributed by atoms with E-state index in [4.69, 9.17) is 0 Å². The molecule has 0 aliphatic heterocycles. The second-order valence-corrected chi connectivity index (χ2v) is 4.75. The average Bonchev–Trinajstić information content (AvgIpc) is 2.21. The van der Waals surface area contributed by atoms with Crippen molar-refractivity contribution in [1.82, 2.24) is 5.32 Å². The van der Waals surface area contributed by atoms with E-state index in [1.165, 1.54) is 0 Å². The Bertz CT molecular complexity index is 365. The van der Waals surface area contributed by atoms with Gasteiger partial charge < -0.3 is 5.32 Å². The third kappa shape index (κ3) is 5.08. The zero-order valence-corrected chi connectivity index (χ0v) is 11.1. The van der Waals surface area contributed by atoms with Crippen LogP contribution in [0.5, 0.6) is 0 Å². The van der Waals surface area contributed by atoms with Crippen molar-refractivity contribution in [1.29, 1.82) is 0 Å². The molecule has 0 fully saturated rings. The first-order valence-electron chi connectivity index (χ1n) is 6.20. The second-order valence-electron chi connectivity index (χ2n) is 4.75. The van der Waals surface area contributed by atoms with E-state index in [-0.39, 0.29) is 0 Å². The van der Waals surface area contributed by atoms with Gasteiger partial charge in [0.15, 0.2) is 0 Å². The molecule has 0 bridgehead atoms. The van der Waals surface area contributed by atoms with Crippen LogP contribution in [0.4, 0.5) is 13.2 Å². The first-order valence-corrected chi connectivity index (χ1v) is 6.20. The van der Waals surface area contributed by atoms with Crippen LogP contribution in [0, 0.1) is 13.8 Å². The maximum atomic E-state index is 12.6. The number of aryl methyl sites for hydroxylation is 2. The molecule has 0 amide bonds. The summed E-state index contributed by atoms with van der Waals surface area (Å²) in [5, 5.41) is 2.98. The Morgan fingerprint density at radius 1 is 1.11 bits per heavy atom. The third-order valence-electron chi connectivity index (χ3n) is 2.72. The lowest BCUT2D eigenvalue weighted by Crippen LogP contribution is -2.27. The summed E-state index contributed by atoms with van der Waals surface area (Å²) in [6.07, 6.45) is -4.15. The van der Waals surface area contributed by atoms with E-state index in [0.717, 1.165) is 23.1 Å². The number of halogens is 3. The van der Waals surface area contributed by atoms with Gasteiger partial charge in [0, 0.05) is 6.04 Å². The van der Waals surface area contributed by atoms with Crippen LogP contribution in [-0.4, -0.2) is 12.7 Å². The highest BCUT2D eigenvalue weighted by atomic mass is 19.4. The number of hydrogen-bond acceptors (Lipinski definition) is 1. The molecular formula is C14H20F3N. The predicted molar refractivity (Wildman–Crippen MR) is 67.6 cm³/mol. The Hall–Kier alpha value is -1.03. The van der Waals surface area contributed by atoms with Gasteiger partial charge in [-0.2, -0.15) is 13.2 Å². The number of alkyl halides is 3. The van der Waals surface area contributed by atoms with Gasteiger partial charge in [-0.05, 0) is 32.4 Å². The van der Waals surface area contributed by atoms with Crippen LogP contribution >= 0.6 is 0 Å². The molecular weight excluding hydrogens is 239 g/mol. The van der Waals surface area contributed by atoms with Gasteiger partial charge in [-0.25, -0.2) is 0 Å². The molecule has 1 unspecified atom stereocenters. The molecule has 18 heavy (non-hydrogen) atoms. The highest BCUT2D eigenvalue weighted by Crippen LogP contribution is 2.30. The summed E-state index contributed by atoms with van der Waals surface area (Å²) in [6.45, 7) is 6.34. The summed E-state index contributed by atoms with van der Waals surface area (Å²) in [5.74, 6) is 0. The molecule has 0 saturated carbocycles. The van der Waals surface area contributed by atoms with E-state index in [1.807, 2.05) is 39.0 Å². The fraction of sp³-hybridized carbons (Fsp3) is 0.571. The highest BCUT2D eigenvalue weighted by Gasteiger charge is 2.32. The largest absolute Gasteiger partial charge is 0.390 e. The van der Waals surface area contributed by atoms with Crippen LogP contribution < -0.4 is 5.32 Å². The molecule has 4 heteroatoms. The molecule has 1 aromatic rings. The van der Waals surface area contributed by atoms with Crippen molar-refractivity contribution in [2.24, 2.45) is 0 Å². The van der Waals surface area contributed by atoms with Gasteiger partial charge in [-0.1, -0.05) is 36.2 Å². The van der Waals surface area contributed by atoms with E-state index in [1.54, 1.807) is 0 Å². The average molecular weight is 259 g/mol. The van der Waals surface area contributed by atoms with Crippen LogP contribution in [-0.2, 0) is 0 Å². The Balaban J connectivity index is 2.93. The van der Waals surface area contributed by atoms with E-state index < -0.39 is 18.6 Å². The lowest BCUT2D eigenvalue weighted by atomic mass is 9.99. The fourth-order valence-corrected chi connectivity index (χ4v) is 2.07. The molecule has 1 rings (SSSR count). The van der Waals surface area contributed by atoms with Crippen LogP contribution in [0.1, 0.15) is 42.5 Å². The number of benzene rings is 1. The quantitative estimate of drug-likeness (QED) is 0.831. The van der Waals surface area contributed by atoms with Crippen molar-refractivity contribution < 1.29 is 13.2 Å². The van der Waals surface area contributed by atoms with E-state index in [2.05, 4.69) is 5.32 Å². The Morgan fingerprint density at radius 3 is 2.11 bits per heavy atom. The molecule has 1 aromatic carbocycles. The maximum Gasteiger partial charge on any atom is 0.390 e. The summed E-state index contributed by atoms with van der Waals surface area (Å²) < 4.78 is 37.7. The molecule has 0 aliphatic rings. The summed E-state index contributed by atoms with van der Waals surface area (Å²) in [6, 6.07) is 4.97. The third-order valence-corrected chi connectivity index (χ3v) is 2.72. The van der Waals surface area contributed by atoms with E-state index >= 15 is 0 Å². The molecule has 1 N–H and O–H groups in total. The molecule has 0 aromatic heterocycles. The summed E-state index contributed by atoms with van der Waals surface area (Å²) in [7, 11) is 0. The van der Waals surface area contributed by atoms with Gasteiger partial charge in [0.2, 0.25) is 0 Å². The molecule has 0 radical (unpaired) electrons. The number of nitrogens with one attached hydrogen (secondary N) is 1. The van der Waals surface area contributed by atoms with Gasteiger partial charge in [0.25, 0.3) is 0 Å². The minimum atomic E-state index is -4.15. The van der Waals surface area contributed by atoms with Crippen molar-refractivity contribution >= 4 is 0 Å². The molecule has 0 saturated heterocycles. The first-order chi connectivity index (χ1) is 8.31. The smallest absolute Gasteiger partial charge is 0.310 e. The van der Waals surface area contributed by atoms with E-state index in [0.29, 0.717) is 6.54 Å². The molecule has 0 heterocycles. The zero-order chi connectivity index (χ0) is 13.8. The van der Waals surface area contributed by atoms with Gasteiger partial charge in [-0.3, -0.25) is 0 Å². The van der Waals surface area contributed by atoms with Crippen LogP contribution in [0.2, 0.25) is 0 Å². The van der Waals surface area contributed by atoms with Gasteiger partial charge in [0.1, 0.15) is 0 Å². The van der Waals surface area contributed by atoms with E-state index in [9.17, 15) is 13.2 Å². The highest BCUT2D eigenvalue weighted by molar-refractivity contribution is 5.30. The zero-order valence-electron chi connectivity index (χ0n) is 11.1. The van der Waals surface area contributed by atoms with Gasteiger partial charge in [0.05, 0.1) is 6.42 Å². The minimum Gasteiger partial charge on any atom is -0.310 e. The predicted octanol–water partition coefficient (Wildman–Crippen LogP) is 4.30. The SMILES string of the molecule is CCCNC(CC(F)(F)F)c1cc(C)cc(C)c1. The van der Waals surface area contributed by atoms with Gasteiger partial charge >= 0.3 is 6.18 Å². The van der Waals surface area contributed by atoms with Crippen molar-refractivity contribution in [2.75, 3.05) is 6.54 Å². The van der Waals surface area contributed by atoms with Crippen molar-refractivity contribution in [3.8, 4) is 0 Å². The lowest BCUT2D eigenvalue weighted by molar-refractivity contribution is -0.140. The van der Waals surface area contributed by atoms with Gasteiger partial charge in [-0.15, -0.1) is 0 Å². The molecule has 0 spiro atoms. The minimum absolute atomic E-state index is 0.591. The topological polar surface area (TPSA) is 12.0 Å². The van der Waals surface area contributed by atoms with Crippen LogP contribution in [0.15, 0.2) is 18.2 Å². The first kappa shape index (κ1) is 15.0. The summed E-state index contributed by atoms with van der Waals surface area (Å²) in [4.78, 5) is 0. The summed E-state index contributed by atoms with van der Waals surface area (Å²) >= 11 is 0. The Labute approximate surface area is 106 Å². The molecule has 1 atom stereocenters. The molecule has 102 valence electrons. The monoisotopic (exact) mass is 259 g/mol. The molecule has 0 aliphatic carbocycles. The van der Waals surface area contributed by atoms with Crippen molar-refractivity contribution in [3.05, 3.63) is 34.9 Å². The van der Waals surface area contributed by atoms with Crippen LogP contribution in [0.3, 0.4) is 0 Å². The Morgan fingerprint density at radius 2 is 1.67 bits per heavy atom. The standard InChI is InChI=1S/C14H20F3N/c1-4-5-18-13(9-14(15,16)17)12-7-10(2)6-11(3)8-12/h6-8,13,18H,4-5,9H2,1-3H3. The molecule has 1 nitrogen and oxygen atoms in total. The number of rotatable bonds is 5. The lowest BCUT2D eigenvalue weighted by Gasteiger charge is -2.21. The van der Waals surface area contributed by atoms with Crippen LogP contribution in [0.25, 0.3) is 0 Å². The maximum absolute atomic E-state index is 12.6. The summed E-state index contributed by atoms with van der Waals surface area (Å²) in [5.41, 5.74) is 2.71.